The second kappa shape index (κ2) is 7.92. The van der Waals surface area contributed by atoms with Gasteiger partial charge in [-0.15, -0.1) is 0 Å². The highest BCUT2D eigenvalue weighted by Gasteiger charge is 2.31. The molecule has 0 unspecified atom stereocenters. The van der Waals surface area contributed by atoms with Crippen LogP contribution in [0, 0.1) is 5.92 Å². The van der Waals surface area contributed by atoms with E-state index in [-0.39, 0.29) is 36.1 Å². The molecule has 1 N–H and O–H groups in total. The molecule has 8 heteroatoms. The van der Waals surface area contributed by atoms with E-state index in [2.05, 4.69) is 5.32 Å². The highest BCUT2D eigenvalue weighted by atomic mass is 32.2. The van der Waals surface area contributed by atoms with Crippen LogP contribution in [0.3, 0.4) is 0 Å². The number of likely N-dealkylation sites (N-methyl/N-ethyl adjacent to an activating group) is 1. The second-order valence-electron chi connectivity index (χ2n) is 5.99. The number of nitrogens with one attached hydrogen (secondary N) is 1. The summed E-state index contributed by atoms with van der Waals surface area (Å²) in [7, 11) is -1.57. The molecule has 0 aromatic carbocycles. The Kier molecular flexibility index (Phi) is 6.80. The number of piperidine rings is 1. The maximum Gasteiger partial charge on any atom is 0.239 e. The van der Waals surface area contributed by atoms with Crippen molar-refractivity contribution in [1.82, 2.24) is 14.5 Å². The summed E-state index contributed by atoms with van der Waals surface area (Å²) in [6, 6.07) is 0.0403. The summed E-state index contributed by atoms with van der Waals surface area (Å²) >= 11 is 0. The largest absolute Gasteiger partial charge is 0.352 e. The van der Waals surface area contributed by atoms with Crippen LogP contribution in [0.1, 0.15) is 33.6 Å². The summed E-state index contributed by atoms with van der Waals surface area (Å²) in [4.78, 5) is 25.4. The first-order valence-corrected chi connectivity index (χ1v) is 9.30. The van der Waals surface area contributed by atoms with Gasteiger partial charge in [0.15, 0.2) is 0 Å². The SMILES string of the molecule is CCS(=O)(=O)N1CCC(C(=O)N(C)CC(=O)NC(C)C)CC1. The standard InChI is InChI=1S/C14H27N3O4S/c1-5-22(20,21)17-8-6-12(7-9-17)14(19)16(4)10-13(18)15-11(2)3/h11-12H,5-10H2,1-4H3,(H,15,18). The lowest BCUT2D eigenvalue weighted by atomic mass is 9.96. The minimum absolute atomic E-state index is 0.0322. The Hall–Kier alpha value is -1.15. The minimum atomic E-state index is -3.18. The lowest BCUT2D eigenvalue weighted by molar-refractivity contribution is -0.139. The van der Waals surface area contributed by atoms with Crippen LogP contribution in [-0.4, -0.2) is 67.9 Å². The van der Waals surface area contributed by atoms with Gasteiger partial charge in [0.2, 0.25) is 21.8 Å². The molecule has 1 aliphatic rings. The van der Waals surface area contributed by atoms with Crippen LogP contribution in [0.5, 0.6) is 0 Å². The summed E-state index contributed by atoms with van der Waals surface area (Å²) < 4.78 is 25.0. The fourth-order valence-corrected chi connectivity index (χ4v) is 3.67. The first-order chi connectivity index (χ1) is 10.2. The average molecular weight is 333 g/mol. The zero-order valence-corrected chi connectivity index (χ0v) is 14.6. The minimum Gasteiger partial charge on any atom is -0.352 e. The molecule has 7 nitrogen and oxygen atoms in total. The second-order valence-corrected chi connectivity index (χ2v) is 8.25. The monoisotopic (exact) mass is 333 g/mol. The molecule has 0 atom stereocenters. The number of amides is 2. The summed E-state index contributed by atoms with van der Waals surface area (Å²) in [5, 5.41) is 2.75. The molecule has 0 radical (unpaired) electrons. The van der Waals surface area contributed by atoms with Gasteiger partial charge >= 0.3 is 0 Å². The molecule has 0 spiro atoms. The lowest BCUT2D eigenvalue weighted by Gasteiger charge is -2.32. The molecular weight excluding hydrogens is 306 g/mol. The fourth-order valence-electron chi connectivity index (χ4n) is 2.54. The molecule has 128 valence electrons. The molecule has 22 heavy (non-hydrogen) atoms. The number of hydrogen-bond donors (Lipinski definition) is 1. The zero-order chi connectivity index (χ0) is 16.9. The van der Waals surface area contributed by atoms with E-state index in [4.69, 9.17) is 0 Å². The molecule has 1 saturated heterocycles. The Morgan fingerprint density at radius 1 is 1.27 bits per heavy atom. The van der Waals surface area contributed by atoms with Crippen molar-refractivity contribution in [2.45, 2.75) is 39.7 Å². The normalized spacial score (nSPS) is 17.5. The summed E-state index contributed by atoms with van der Waals surface area (Å²) in [5.41, 5.74) is 0. The number of carbonyl (C=O) groups is 2. The van der Waals surface area contributed by atoms with Crippen LogP contribution in [0.2, 0.25) is 0 Å². The van der Waals surface area contributed by atoms with Gasteiger partial charge < -0.3 is 10.2 Å². The molecule has 0 aliphatic carbocycles. The van der Waals surface area contributed by atoms with Gasteiger partial charge in [-0.2, -0.15) is 0 Å². The van der Waals surface area contributed by atoms with Crippen molar-refractivity contribution in [2.75, 3.05) is 32.4 Å². The first-order valence-electron chi connectivity index (χ1n) is 7.69. The van der Waals surface area contributed by atoms with Gasteiger partial charge in [0.05, 0.1) is 12.3 Å². The van der Waals surface area contributed by atoms with Crippen molar-refractivity contribution in [3.05, 3.63) is 0 Å². The van der Waals surface area contributed by atoms with Gasteiger partial charge in [-0.25, -0.2) is 12.7 Å². The maximum atomic E-state index is 12.3. The van der Waals surface area contributed by atoms with Crippen LogP contribution in [-0.2, 0) is 19.6 Å². The molecular formula is C14H27N3O4S. The van der Waals surface area contributed by atoms with Gasteiger partial charge in [-0.3, -0.25) is 9.59 Å². The molecule has 0 aromatic heterocycles. The van der Waals surface area contributed by atoms with Crippen LogP contribution >= 0.6 is 0 Å². The number of nitrogens with zero attached hydrogens (tertiary/aromatic N) is 2. The van der Waals surface area contributed by atoms with E-state index >= 15 is 0 Å². The molecule has 0 bridgehead atoms. The Morgan fingerprint density at radius 2 is 1.82 bits per heavy atom. The van der Waals surface area contributed by atoms with E-state index in [1.165, 1.54) is 9.21 Å². The van der Waals surface area contributed by atoms with E-state index < -0.39 is 10.0 Å². The predicted octanol–water partition coefficient (Wildman–Crippen LogP) is 0.0311. The smallest absolute Gasteiger partial charge is 0.239 e. The molecule has 0 saturated carbocycles. The van der Waals surface area contributed by atoms with Gasteiger partial charge in [-0.05, 0) is 33.6 Å². The van der Waals surface area contributed by atoms with Gasteiger partial charge in [0.25, 0.3) is 0 Å². The predicted molar refractivity (Wildman–Crippen MR) is 84.7 cm³/mol. The highest BCUT2D eigenvalue weighted by Crippen LogP contribution is 2.21. The van der Waals surface area contributed by atoms with E-state index in [1.54, 1.807) is 14.0 Å². The Morgan fingerprint density at radius 3 is 2.27 bits per heavy atom. The summed E-state index contributed by atoms with van der Waals surface area (Å²) in [5.74, 6) is -0.398. The summed E-state index contributed by atoms with van der Waals surface area (Å²) in [6.45, 7) is 6.13. The number of sulfonamides is 1. The van der Waals surface area contributed by atoms with Crippen molar-refractivity contribution in [3.63, 3.8) is 0 Å². The first kappa shape index (κ1) is 18.9. The molecule has 1 rings (SSSR count). The average Bonchev–Trinajstić information content (AvgIpc) is 2.45. The lowest BCUT2D eigenvalue weighted by Crippen LogP contribution is -2.46. The van der Waals surface area contributed by atoms with Crippen molar-refractivity contribution >= 4 is 21.8 Å². The van der Waals surface area contributed by atoms with Gasteiger partial charge in [0.1, 0.15) is 0 Å². The Balaban J connectivity index is 2.50. The zero-order valence-electron chi connectivity index (χ0n) is 13.8. The molecule has 1 aliphatic heterocycles. The van der Waals surface area contributed by atoms with Crippen LogP contribution < -0.4 is 5.32 Å². The van der Waals surface area contributed by atoms with Crippen LogP contribution in [0.25, 0.3) is 0 Å². The topological polar surface area (TPSA) is 86.8 Å². The van der Waals surface area contributed by atoms with E-state index in [1.807, 2.05) is 13.8 Å². The van der Waals surface area contributed by atoms with Crippen molar-refractivity contribution in [1.29, 1.82) is 0 Å². The third-order valence-electron chi connectivity index (χ3n) is 3.77. The van der Waals surface area contributed by atoms with Crippen molar-refractivity contribution < 1.29 is 18.0 Å². The summed E-state index contributed by atoms with van der Waals surface area (Å²) in [6.07, 6.45) is 1.02. The van der Waals surface area contributed by atoms with Crippen LogP contribution in [0.15, 0.2) is 0 Å². The third-order valence-corrected chi connectivity index (χ3v) is 5.65. The fraction of sp³-hybridized carbons (Fsp3) is 0.857. The highest BCUT2D eigenvalue weighted by molar-refractivity contribution is 7.89. The Bertz CT molecular complexity index is 496. The Labute approximate surface area is 133 Å². The van der Waals surface area contributed by atoms with E-state index in [0.717, 1.165) is 0 Å². The molecule has 2 amide bonds. The molecule has 0 aromatic rings. The van der Waals surface area contributed by atoms with Crippen molar-refractivity contribution in [2.24, 2.45) is 5.92 Å². The number of carbonyl (C=O) groups excluding carboxylic acids is 2. The van der Waals surface area contributed by atoms with Crippen molar-refractivity contribution in [3.8, 4) is 0 Å². The van der Waals surface area contributed by atoms with Crippen LogP contribution in [0.4, 0.5) is 0 Å². The third kappa shape index (κ3) is 5.24. The van der Waals surface area contributed by atoms with Gasteiger partial charge in [-0.1, -0.05) is 0 Å². The van der Waals surface area contributed by atoms with E-state index in [0.29, 0.717) is 25.9 Å². The molecule has 1 fully saturated rings. The molecule has 1 heterocycles. The number of rotatable bonds is 6. The van der Waals surface area contributed by atoms with E-state index in [9.17, 15) is 18.0 Å². The number of hydrogen-bond acceptors (Lipinski definition) is 4. The quantitative estimate of drug-likeness (QED) is 0.743. The maximum absolute atomic E-state index is 12.3. The van der Waals surface area contributed by atoms with Gasteiger partial charge in [0, 0.05) is 32.1 Å².